The van der Waals surface area contributed by atoms with E-state index in [1.165, 1.54) is 0 Å². The van der Waals surface area contributed by atoms with Crippen LogP contribution in [0, 0.1) is 0 Å². The Labute approximate surface area is 110 Å². The number of halogens is 1. The summed E-state index contributed by atoms with van der Waals surface area (Å²) in [4.78, 5) is 12.9. The van der Waals surface area contributed by atoms with Crippen LogP contribution < -0.4 is 4.90 Å². The molecule has 2 rings (SSSR count). The average molecular weight is 272 g/mol. The van der Waals surface area contributed by atoms with Crippen LogP contribution in [0.2, 0.25) is 5.02 Å². The molecule has 5 heteroatoms. The number of rotatable bonds is 4. The summed E-state index contributed by atoms with van der Waals surface area (Å²) in [5.41, 5.74) is 0.935. The predicted octanol–water partition coefficient (Wildman–Crippen LogP) is 2.74. The van der Waals surface area contributed by atoms with Crippen molar-refractivity contribution in [3.05, 3.63) is 29.3 Å². The van der Waals surface area contributed by atoms with Crippen LogP contribution in [0.1, 0.15) is 6.42 Å². The topological polar surface area (TPSA) is 40.5 Å². The van der Waals surface area contributed by atoms with E-state index in [-0.39, 0.29) is 6.54 Å². The first-order valence-corrected chi connectivity index (χ1v) is 7.02. The Kier molecular flexibility index (Phi) is 4.18. The van der Waals surface area contributed by atoms with Crippen molar-refractivity contribution < 1.29 is 9.90 Å². The van der Waals surface area contributed by atoms with Crippen LogP contribution in [0.3, 0.4) is 0 Å². The molecular formula is C12H14ClNO2S. The van der Waals surface area contributed by atoms with Gasteiger partial charge >= 0.3 is 5.97 Å². The van der Waals surface area contributed by atoms with E-state index in [9.17, 15) is 4.79 Å². The summed E-state index contributed by atoms with van der Waals surface area (Å²) in [7, 11) is 0. The molecule has 0 bridgehead atoms. The number of hydrogen-bond donors (Lipinski definition) is 1. The Bertz CT molecular complexity index is 390. The molecule has 0 aromatic heterocycles. The average Bonchev–Trinajstić information content (AvgIpc) is 2.80. The van der Waals surface area contributed by atoms with Gasteiger partial charge in [-0.1, -0.05) is 11.6 Å². The van der Waals surface area contributed by atoms with Crippen molar-refractivity contribution in [3.8, 4) is 0 Å². The number of thioether (sulfide) groups is 1. The van der Waals surface area contributed by atoms with Crippen LogP contribution in [0.15, 0.2) is 24.3 Å². The van der Waals surface area contributed by atoms with Gasteiger partial charge in [0.2, 0.25) is 0 Å². The van der Waals surface area contributed by atoms with Crippen LogP contribution in [0.5, 0.6) is 0 Å². The molecule has 92 valence electrons. The van der Waals surface area contributed by atoms with Crippen molar-refractivity contribution in [2.75, 3.05) is 23.0 Å². The lowest BCUT2D eigenvalue weighted by Crippen LogP contribution is -2.39. The molecule has 0 saturated carbocycles. The van der Waals surface area contributed by atoms with Crippen molar-refractivity contribution in [3.63, 3.8) is 0 Å². The van der Waals surface area contributed by atoms with Gasteiger partial charge in [0, 0.05) is 22.5 Å². The summed E-state index contributed by atoms with van der Waals surface area (Å²) in [6, 6.07) is 7.68. The van der Waals surface area contributed by atoms with E-state index in [1.54, 1.807) is 12.1 Å². The second-order valence-electron chi connectivity index (χ2n) is 4.02. The molecule has 1 N–H and O–H groups in total. The monoisotopic (exact) mass is 271 g/mol. The van der Waals surface area contributed by atoms with Crippen LogP contribution in [-0.2, 0) is 4.79 Å². The molecule has 0 radical (unpaired) electrons. The third-order valence-corrected chi connectivity index (χ3v) is 4.21. The van der Waals surface area contributed by atoms with Crippen LogP contribution >= 0.6 is 23.4 Å². The maximum absolute atomic E-state index is 10.9. The molecule has 1 aliphatic heterocycles. The van der Waals surface area contributed by atoms with Gasteiger partial charge in [0.05, 0.1) is 0 Å². The molecule has 1 heterocycles. The molecule has 0 aliphatic carbocycles. The number of carboxylic acid groups (broad SMARTS) is 1. The second kappa shape index (κ2) is 5.65. The molecule has 0 amide bonds. The molecule has 1 aliphatic rings. The van der Waals surface area contributed by atoms with E-state index >= 15 is 0 Å². The Morgan fingerprint density at radius 1 is 1.47 bits per heavy atom. The van der Waals surface area contributed by atoms with E-state index in [0.29, 0.717) is 11.1 Å². The highest BCUT2D eigenvalue weighted by molar-refractivity contribution is 7.99. The Morgan fingerprint density at radius 3 is 2.71 bits per heavy atom. The molecule has 0 spiro atoms. The molecule has 1 saturated heterocycles. The molecule has 1 aromatic carbocycles. The first-order chi connectivity index (χ1) is 8.16. The molecular weight excluding hydrogens is 258 g/mol. The molecule has 3 nitrogen and oxygen atoms in total. The van der Waals surface area contributed by atoms with E-state index < -0.39 is 5.97 Å². The SMILES string of the molecule is O=C(O)CN(c1ccc(Cl)cc1)C1CCSC1. The zero-order valence-corrected chi connectivity index (χ0v) is 10.9. The zero-order valence-electron chi connectivity index (χ0n) is 9.30. The lowest BCUT2D eigenvalue weighted by Gasteiger charge is -2.29. The highest BCUT2D eigenvalue weighted by atomic mass is 35.5. The van der Waals surface area contributed by atoms with Crippen molar-refractivity contribution in [2.24, 2.45) is 0 Å². The van der Waals surface area contributed by atoms with Crippen molar-refractivity contribution in [1.82, 2.24) is 0 Å². The Morgan fingerprint density at radius 2 is 2.18 bits per heavy atom. The zero-order chi connectivity index (χ0) is 12.3. The predicted molar refractivity (Wildman–Crippen MR) is 72.2 cm³/mol. The van der Waals surface area contributed by atoms with E-state index in [0.717, 1.165) is 23.6 Å². The van der Waals surface area contributed by atoms with Crippen molar-refractivity contribution in [1.29, 1.82) is 0 Å². The number of carbonyl (C=O) groups is 1. The van der Waals surface area contributed by atoms with E-state index in [2.05, 4.69) is 0 Å². The summed E-state index contributed by atoms with van der Waals surface area (Å²) in [6.07, 6.45) is 1.04. The fraction of sp³-hybridized carbons (Fsp3) is 0.417. The number of carboxylic acids is 1. The van der Waals surface area contributed by atoms with Gasteiger partial charge in [-0.3, -0.25) is 4.79 Å². The highest BCUT2D eigenvalue weighted by Crippen LogP contribution is 2.27. The Hall–Kier alpha value is -0.870. The van der Waals surface area contributed by atoms with Gasteiger partial charge in [0.1, 0.15) is 6.54 Å². The lowest BCUT2D eigenvalue weighted by atomic mass is 10.2. The first-order valence-electron chi connectivity index (χ1n) is 5.48. The normalized spacial score (nSPS) is 19.2. The van der Waals surface area contributed by atoms with E-state index in [4.69, 9.17) is 16.7 Å². The summed E-state index contributed by atoms with van der Waals surface area (Å²) in [5.74, 6) is 1.31. The summed E-state index contributed by atoms with van der Waals surface area (Å²) in [5, 5.41) is 9.66. The largest absolute Gasteiger partial charge is 0.480 e. The van der Waals surface area contributed by atoms with Gasteiger partial charge in [-0.15, -0.1) is 0 Å². The van der Waals surface area contributed by atoms with Gasteiger partial charge < -0.3 is 10.0 Å². The fourth-order valence-electron chi connectivity index (χ4n) is 1.98. The molecule has 1 atom stereocenters. The van der Waals surface area contributed by atoms with E-state index in [1.807, 2.05) is 28.8 Å². The Balaban J connectivity index is 2.19. The smallest absolute Gasteiger partial charge is 0.323 e. The van der Waals surface area contributed by atoms with Gasteiger partial charge in [-0.05, 0) is 36.4 Å². The van der Waals surface area contributed by atoms with Crippen molar-refractivity contribution >= 4 is 35.0 Å². The standard InChI is InChI=1S/C12H14ClNO2S/c13-9-1-3-10(4-2-9)14(7-12(15)16)11-5-6-17-8-11/h1-4,11H,5-8H2,(H,15,16). The number of benzene rings is 1. The van der Waals surface area contributed by atoms with Gasteiger partial charge in [-0.2, -0.15) is 11.8 Å². The van der Waals surface area contributed by atoms with Gasteiger partial charge in [-0.25, -0.2) is 0 Å². The third kappa shape index (κ3) is 3.30. The second-order valence-corrected chi connectivity index (χ2v) is 5.60. The number of anilines is 1. The quantitative estimate of drug-likeness (QED) is 0.914. The minimum Gasteiger partial charge on any atom is -0.480 e. The lowest BCUT2D eigenvalue weighted by molar-refractivity contribution is -0.135. The summed E-state index contributed by atoms with van der Waals surface area (Å²) in [6.45, 7) is 0.0485. The molecule has 17 heavy (non-hydrogen) atoms. The minimum absolute atomic E-state index is 0.0485. The molecule has 1 aromatic rings. The van der Waals surface area contributed by atoms with Gasteiger partial charge in [0.15, 0.2) is 0 Å². The number of aliphatic carboxylic acids is 1. The number of hydrogen-bond acceptors (Lipinski definition) is 3. The number of nitrogens with zero attached hydrogens (tertiary/aromatic N) is 1. The van der Waals surface area contributed by atoms with Crippen LogP contribution in [-0.4, -0.2) is 35.2 Å². The third-order valence-electron chi connectivity index (χ3n) is 2.81. The maximum atomic E-state index is 10.9. The maximum Gasteiger partial charge on any atom is 0.323 e. The molecule has 1 unspecified atom stereocenters. The minimum atomic E-state index is -0.795. The highest BCUT2D eigenvalue weighted by Gasteiger charge is 2.24. The fourth-order valence-corrected chi connectivity index (χ4v) is 3.33. The van der Waals surface area contributed by atoms with Crippen LogP contribution in [0.25, 0.3) is 0 Å². The summed E-state index contributed by atoms with van der Waals surface area (Å²) >= 11 is 7.72. The first kappa shape index (κ1) is 12.6. The van der Waals surface area contributed by atoms with Crippen LogP contribution in [0.4, 0.5) is 5.69 Å². The molecule has 1 fully saturated rings. The summed E-state index contributed by atoms with van der Waals surface area (Å²) < 4.78 is 0. The van der Waals surface area contributed by atoms with Gasteiger partial charge in [0.25, 0.3) is 0 Å². The van der Waals surface area contributed by atoms with Crippen molar-refractivity contribution in [2.45, 2.75) is 12.5 Å².